The number of fused-ring (bicyclic) bond motifs is 10. The largest absolute Gasteiger partial charge is 0.340 e. The second-order valence-electron chi connectivity index (χ2n) is 16.7. The average Bonchev–Trinajstić information content (AvgIpc) is 3.54. The van der Waals surface area contributed by atoms with E-state index >= 15 is 0 Å². The van der Waals surface area contributed by atoms with Crippen LogP contribution < -0.4 is 9.80 Å². The Balaban J connectivity index is 1.34. The summed E-state index contributed by atoms with van der Waals surface area (Å²) in [5, 5.41) is 5.46. The van der Waals surface area contributed by atoms with E-state index in [2.05, 4.69) is 159 Å². The summed E-state index contributed by atoms with van der Waals surface area (Å²) >= 11 is 0. The Morgan fingerprint density at radius 2 is 0.788 bits per heavy atom. The third kappa shape index (κ3) is 3.96. The molecular weight excluding hydrogens is 629 g/mol. The molecule has 0 aromatic heterocycles. The summed E-state index contributed by atoms with van der Waals surface area (Å²) in [6, 6.07) is 47.0. The van der Waals surface area contributed by atoms with E-state index in [1.165, 1.54) is 99.9 Å². The molecule has 0 N–H and O–H groups in total. The predicted octanol–water partition coefficient (Wildman–Crippen LogP) is 12.8. The quantitative estimate of drug-likeness (QED) is 0.169. The Morgan fingerprint density at radius 1 is 0.404 bits per heavy atom. The van der Waals surface area contributed by atoms with Crippen molar-refractivity contribution in [2.75, 3.05) is 22.9 Å². The molecule has 2 heteroatoms. The minimum Gasteiger partial charge on any atom is -0.340 e. The highest BCUT2D eigenvalue weighted by Crippen LogP contribution is 2.58. The van der Waals surface area contributed by atoms with E-state index in [0.29, 0.717) is 0 Å². The van der Waals surface area contributed by atoms with Crippen LogP contribution in [0.3, 0.4) is 0 Å². The zero-order chi connectivity index (χ0) is 34.9. The molecule has 7 aromatic rings. The summed E-state index contributed by atoms with van der Waals surface area (Å²) in [5.74, 6) is 0. The lowest BCUT2D eigenvalue weighted by Gasteiger charge is -2.37. The van der Waals surface area contributed by atoms with E-state index in [0.717, 1.165) is 38.8 Å². The first-order chi connectivity index (χ1) is 25.3. The molecule has 0 saturated carbocycles. The van der Waals surface area contributed by atoms with Gasteiger partial charge in [0.05, 0.1) is 11.4 Å². The van der Waals surface area contributed by atoms with Crippen molar-refractivity contribution in [3.63, 3.8) is 0 Å². The third-order valence-corrected chi connectivity index (χ3v) is 13.2. The second-order valence-corrected chi connectivity index (χ2v) is 16.7. The van der Waals surface area contributed by atoms with Crippen molar-refractivity contribution < 1.29 is 0 Å². The van der Waals surface area contributed by atoms with Crippen LogP contribution in [0.15, 0.2) is 121 Å². The van der Waals surface area contributed by atoms with Gasteiger partial charge in [0.1, 0.15) is 0 Å². The van der Waals surface area contributed by atoms with Gasteiger partial charge in [-0.25, -0.2) is 0 Å². The van der Waals surface area contributed by atoms with Gasteiger partial charge in [0.15, 0.2) is 0 Å². The lowest BCUT2D eigenvalue weighted by molar-refractivity contribution is 0.661. The Kier molecular flexibility index (Phi) is 6.18. The number of hydrogen-bond acceptors (Lipinski definition) is 2. The first-order valence-corrected chi connectivity index (χ1v) is 19.4. The molecule has 7 aromatic carbocycles. The molecule has 52 heavy (non-hydrogen) atoms. The van der Waals surface area contributed by atoms with Crippen LogP contribution >= 0.6 is 0 Å². The van der Waals surface area contributed by atoms with E-state index in [-0.39, 0.29) is 10.8 Å². The van der Waals surface area contributed by atoms with Gasteiger partial charge in [0, 0.05) is 56.8 Å². The van der Waals surface area contributed by atoms with Crippen LogP contribution in [0.2, 0.25) is 0 Å². The summed E-state index contributed by atoms with van der Waals surface area (Å²) in [4.78, 5) is 5.38. The monoisotopic (exact) mass is 672 g/mol. The minimum atomic E-state index is -0.0917. The van der Waals surface area contributed by atoms with Crippen molar-refractivity contribution in [3.8, 4) is 22.3 Å². The number of hydrogen-bond donors (Lipinski definition) is 0. The number of benzene rings is 7. The van der Waals surface area contributed by atoms with Crippen LogP contribution in [0.4, 0.5) is 22.7 Å². The van der Waals surface area contributed by atoms with Crippen LogP contribution in [0.25, 0.3) is 43.8 Å². The Morgan fingerprint density at radius 3 is 1.25 bits per heavy atom. The lowest BCUT2D eigenvalue weighted by atomic mass is 9.80. The van der Waals surface area contributed by atoms with Crippen LogP contribution in [-0.2, 0) is 23.7 Å². The van der Waals surface area contributed by atoms with E-state index in [4.69, 9.17) is 0 Å². The molecule has 0 radical (unpaired) electrons. The number of anilines is 4. The summed E-state index contributed by atoms with van der Waals surface area (Å²) in [6.45, 7) is 11.7. The Labute approximate surface area is 307 Å². The van der Waals surface area contributed by atoms with Gasteiger partial charge in [-0.05, 0) is 118 Å². The molecule has 2 heterocycles. The fourth-order valence-corrected chi connectivity index (χ4v) is 10.7. The lowest BCUT2D eigenvalue weighted by Crippen LogP contribution is -2.27. The van der Waals surface area contributed by atoms with E-state index in [1.54, 1.807) is 0 Å². The topological polar surface area (TPSA) is 6.48 Å². The molecule has 0 bridgehead atoms. The smallest absolute Gasteiger partial charge is 0.0572 e. The standard InChI is InChI=1S/C50H44N2/c1-49(2)41-21-9-7-19-33(41)35-27-37-39(29-43(35)49)48(52-26-14-18-32-16-6-12-24-46(32)52)40-30-44-36(34-20-8-10-22-42(34)50(44,3)4)28-38(40)47(37)51-25-13-17-31-15-5-11-23-45(31)51/h5-12,15-16,19-24,27-30H,13-14,17-18,25-26H2,1-4H3. The first kappa shape index (κ1) is 30.3. The average molecular weight is 673 g/mol. The molecule has 254 valence electrons. The minimum absolute atomic E-state index is 0.0917. The van der Waals surface area contributed by atoms with Crippen molar-refractivity contribution in [2.24, 2.45) is 0 Å². The molecule has 2 aliphatic carbocycles. The first-order valence-electron chi connectivity index (χ1n) is 19.4. The Hall–Kier alpha value is -5.34. The van der Waals surface area contributed by atoms with Crippen molar-refractivity contribution in [2.45, 2.75) is 64.2 Å². The molecule has 2 aliphatic heterocycles. The summed E-state index contributed by atoms with van der Waals surface area (Å²) < 4.78 is 0. The third-order valence-electron chi connectivity index (χ3n) is 13.2. The zero-order valence-corrected chi connectivity index (χ0v) is 30.7. The van der Waals surface area contributed by atoms with E-state index < -0.39 is 0 Å². The van der Waals surface area contributed by atoms with Crippen LogP contribution in [0, 0.1) is 0 Å². The molecule has 11 rings (SSSR count). The molecular formula is C50H44N2. The maximum atomic E-state index is 2.69. The predicted molar refractivity (Wildman–Crippen MR) is 220 cm³/mol. The van der Waals surface area contributed by atoms with E-state index in [9.17, 15) is 0 Å². The number of nitrogens with zero attached hydrogens (tertiary/aromatic N) is 2. The molecule has 0 atom stereocenters. The summed E-state index contributed by atoms with van der Waals surface area (Å²) in [5.41, 5.74) is 19.4. The Bertz CT molecular complexity index is 2530. The second kappa shape index (κ2) is 10.6. The van der Waals surface area contributed by atoms with Gasteiger partial charge in [-0.1, -0.05) is 113 Å². The van der Waals surface area contributed by atoms with E-state index in [1.807, 2.05) is 0 Å². The van der Waals surface area contributed by atoms with Crippen LogP contribution in [0.5, 0.6) is 0 Å². The fraction of sp³-hybridized carbons (Fsp3) is 0.240. The van der Waals surface area contributed by atoms with Crippen molar-refractivity contribution in [1.82, 2.24) is 0 Å². The maximum absolute atomic E-state index is 2.69. The van der Waals surface area contributed by atoms with Gasteiger partial charge in [0.25, 0.3) is 0 Å². The molecule has 0 amide bonds. The van der Waals surface area contributed by atoms with Crippen LogP contribution in [0.1, 0.15) is 73.9 Å². The van der Waals surface area contributed by atoms with Crippen LogP contribution in [-0.4, -0.2) is 13.1 Å². The normalized spacial score (nSPS) is 17.4. The number of rotatable bonds is 2. The van der Waals surface area contributed by atoms with Gasteiger partial charge >= 0.3 is 0 Å². The molecule has 0 fully saturated rings. The fourth-order valence-electron chi connectivity index (χ4n) is 10.7. The maximum Gasteiger partial charge on any atom is 0.0572 e. The number of para-hydroxylation sites is 2. The van der Waals surface area contributed by atoms with Crippen molar-refractivity contribution in [3.05, 3.63) is 155 Å². The SMILES string of the molecule is CC1(C)c2ccccc2-c2cc3c(N4CCCc5ccccc54)c4cc5c(cc4c(N4CCCc6ccccc64)c3cc21)C(C)(C)c1ccccc1-5. The molecule has 2 nitrogen and oxygen atoms in total. The molecule has 4 aliphatic rings. The van der Waals surface area contributed by atoms with Gasteiger partial charge in [0.2, 0.25) is 0 Å². The highest BCUT2D eigenvalue weighted by atomic mass is 15.2. The summed E-state index contributed by atoms with van der Waals surface area (Å²) in [7, 11) is 0. The highest BCUT2D eigenvalue weighted by molar-refractivity contribution is 6.24. The van der Waals surface area contributed by atoms with Crippen molar-refractivity contribution >= 4 is 44.3 Å². The zero-order valence-electron chi connectivity index (χ0n) is 30.7. The van der Waals surface area contributed by atoms with Gasteiger partial charge in [-0.2, -0.15) is 0 Å². The van der Waals surface area contributed by atoms with Gasteiger partial charge in [-0.15, -0.1) is 0 Å². The van der Waals surface area contributed by atoms with Gasteiger partial charge < -0.3 is 9.80 Å². The van der Waals surface area contributed by atoms with Gasteiger partial charge in [-0.3, -0.25) is 0 Å². The van der Waals surface area contributed by atoms with Crippen molar-refractivity contribution in [1.29, 1.82) is 0 Å². The molecule has 0 unspecified atom stereocenters. The molecule has 0 saturated heterocycles. The summed E-state index contributed by atoms with van der Waals surface area (Å²) in [6.07, 6.45) is 4.54. The highest BCUT2D eigenvalue weighted by Gasteiger charge is 2.40. The number of aryl methyl sites for hydroxylation is 2. The molecule has 0 spiro atoms.